The Labute approximate surface area is 143 Å². The number of carbonyl (C=O) groups is 1. The van der Waals surface area contributed by atoms with Crippen LogP contribution in [0.4, 0.5) is 0 Å². The zero-order valence-corrected chi connectivity index (χ0v) is 14.4. The lowest BCUT2D eigenvalue weighted by atomic mass is 10.1. The second-order valence-electron chi connectivity index (χ2n) is 5.34. The van der Waals surface area contributed by atoms with E-state index in [4.69, 9.17) is 11.6 Å². The van der Waals surface area contributed by atoms with Gasteiger partial charge >= 0.3 is 0 Å². The summed E-state index contributed by atoms with van der Waals surface area (Å²) in [4.78, 5) is 21.9. The van der Waals surface area contributed by atoms with Gasteiger partial charge in [-0.15, -0.1) is 0 Å². The number of likely N-dealkylation sites (N-methyl/N-ethyl adjacent to an activating group) is 1. The minimum absolute atomic E-state index is 0.0275. The van der Waals surface area contributed by atoms with Gasteiger partial charge in [0.1, 0.15) is 5.25 Å². The second kappa shape index (κ2) is 6.64. The third kappa shape index (κ3) is 3.51. The van der Waals surface area contributed by atoms with Crippen molar-refractivity contribution in [1.82, 2.24) is 14.9 Å². The lowest BCUT2D eigenvalue weighted by Crippen LogP contribution is -2.26. The minimum atomic E-state index is -0.345. The quantitative estimate of drug-likeness (QED) is 0.723. The van der Waals surface area contributed by atoms with Gasteiger partial charge in [-0.05, 0) is 23.8 Å². The lowest BCUT2D eigenvalue weighted by molar-refractivity contribution is -0.128. The molecule has 0 radical (unpaired) electrons. The Morgan fingerprint density at radius 3 is 2.65 bits per heavy atom. The largest absolute Gasteiger partial charge is 0.348 e. The van der Waals surface area contributed by atoms with E-state index in [1.54, 1.807) is 25.1 Å². The van der Waals surface area contributed by atoms with Crippen LogP contribution >= 0.6 is 23.4 Å². The molecule has 0 saturated heterocycles. The average molecular weight is 346 g/mol. The van der Waals surface area contributed by atoms with E-state index < -0.39 is 0 Å². The number of aromatic nitrogens is 2. The van der Waals surface area contributed by atoms with Gasteiger partial charge in [0.15, 0.2) is 5.16 Å². The standard InChI is InChI=1S/C17H16ClN3OS/c1-21(2)16(22)15(11-6-4-3-5-7-11)23-17-19-13-9-8-12(18)10-14(13)20-17/h3-10,15H,1-2H3,(H,19,20)/t15-/m0/s1. The van der Waals surface area contributed by atoms with Crippen LogP contribution in [0.3, 0.4) is 0 Å². The Morgan fingerprint density at radius 1 is 1.22 bits per heavy atom. The van der Waals surface area contributed by atoms with Crippen molar-refractivity contribution < 1.29 is 4.79 Å². The van der Waals surface area contributed by atoms with Crippen LogP contribution in [0.5, 0.6) is 0 Å². The van der Waals surface area contributed by atoms with Crippen molar-refractivity contribution in [2.75, 3.05) is 14.1 Å². The Bertz CT molecular complexity index is 832. The molecule has 1 heterocycles. The molecule has 0 bridgehead atoms. The molecule has 0 fully saturated rings. The van der Waals surface area contributed by atoms with Crippen LogP contribution in [-0.2, 0) is 4.79 Å². The monoisotopic (exact) mass is 345 g/mol. The normalized spacial score (nSPS) is 12.3. The predicted octanol–water partition coefficient (Wildman–Crippen LogP) is 4.14. The predicted molar refractivity (Wildman–Crippen MR) is 94.8 cm³/mol. The Kier molecular flexibility index (Phi) is 4.59. The van der Waals surface area contributed by atoms with Crippen molar-refractivity contribution in [3.63, 3.8) is 0 Å². The molecular formula is C17H16ClN3OS. The van der Waals surface area contributed by atoms with E-state index in [9.17, 15) is 4.79 Å². The van der Waals surface area contributed by atoms with E-state index in [1.807, 2.05) is 42.5 Å². The zero-order chi connectivity index (χ0) is 16.4. The fraction of sp³-hybridized carbons (Fsp3) is 0.176. The highest BCUT2D eigenvalue weighted by molar-refractivity contribution is 8.00. The van der Waals surface area contributed by atoms with E-state index in [2.05, 4.69) is 9.97 Å². The van der Waals surface area contributed by atoms with Crippen molar-refractivity contribution in [2.45, 2.75) is 10.4 Å². The molecule has 1 atom stereocenters. The number of hydrogen-bond donors (Lipinski definition) is 1. The first-order chi connectivity index (χ1) is 11.0. The Hall–Kier alpha value is -1.98. The fourth-order valence-electron chi connectivity index (χ4n) is 2.25. The van der Waals surface area contributed by atoms with Gasteiger partial charge < -0.3 is 9.88 Å². The highest BCUT2D eigenvalue weighted by atomic mass is 35.5. The first-order valence-electron chi connectivity index (χ1n) is 7.12. The van der Waals surface area contributed by atoms with Crippen LogP contribution in [0.2, 0.25) is 5.02 Å². The maximum absolute atomic E-state index is 12.6. The van der Waals surface area contributed by atoms with E-state index >= 15 is 0 Å². The number of nitrogens with one attached hydrogen (secondary N) is 1. The zero-order valence-electron chi connectivity index (χ0n) is 12.8. The van der Waals surface area contributed by atoms with Gasteiger partial charge in [-0.3, -0.25) is 4.79 Å². The summed E-state index contributed by atoms with van der Waals surface area (Å²) in [5.41, 5.74) is 2.65. The number of hydrogen-bond acceptors (Lipinski definition) is 3. The maximum Gasteiger partial charge on any atom is 0.240 e. The Balaban J connectivity index is 1.95. The van der Waals surface area contributed by atoms with Crippen LogP contribution < -0.4 is 0 Å². The Morgan fingerprint density at radius 2 is 1.96 bits per heavy atom. The molecule has 1 aromatic heterocycles. The molecule has 0 saturated carbocycles. The van der Waals surface area contributed by atoms with Crippen molar-refractivity contribution in [3.8, 4) is 0 Å². The second-order valence-corrected chi connectivity index (χ2v) is 6.87. The van der Waals surface area contributed by atoms with Crippen LogP contribution in [0.1, 0.15) is 10.8 Å². The third-order valence-corrected chi connectivity index (χ3v) is 4.78. The molecule has 118 valence electrons. The number of aromatic amines is 1. The van der Waals surface area contributed by atoms with Crippen LogP contribution in [0.25, 0.3) is 11.0 Å². The van der Waals surface area contributed by atoms with Crippen LogP contribution in [0, 0.1) is 0 Å². The molecular weight excluding hydrogens is 330 g/mol. The van der Waals surface area contributed by atoms with Gasteiger partial charge in [-0.25, -0.2) is 4.98 Å². The molecule has 0 aliphatic rings. The smallest absolute Gasteiger partial charge is 0.240 e. The molecule has 0 spiro atoms. The third-order valence-electron chi connectivity index (χ3n) is 3.42. The van der Waals surface area contributed by atoms with Gasteiger partial charge in [0.25, 0.3) is 0 Å². The summed E-state index contributed by atoms with van der Waals surface area (Å²) in [5, 5.41) is 1.01. The van der Waals surface area contributed by atoms with Crippen molar-refractivity contribution in [1.29, 1.82) is 0 Å². The van der Waals surface area contributed by atoms with Crippen molar-refractivity contribution in [3.05, 3.63) is 59.1 Å². The topological polar surface area (TPSA) is 49.0 Å². The van der Waals surface area contributed by atoms with E-state index in [1.165, 1.54) is 11.8 Å². The average Bonchev–Trinajstić information content (AvgIpc) is 2.94. The number of halogens is 1. The van der Waals surface area contributed by atoms with Crippen molar-refractivity contribution in [2.24, 2.45) is 0 Å². The van der Waals surface area contributed by atoms with Gasteiger partial charge in [0.05, 0.1) is 11.0 Å². The number of thioether (sulfide) groups is 1. The molecule has 0 aliphatic carbocycles. The summed E-state index contributed by atoms with van der Waals surface area (Å²) in [6, 6.07) is 15.2. The number of fused-ring (bicyclic) bond motifs is 1. The van der Waals surface area contributed by atoms with Gasteiger partial charge in [-0.1, -0.05) is 53.7 Å². The van der Waals surface area contributed by atoms with E-state index in [-0.39, 0.29) is 11.2 Å². The first-order valence-corrected chi connectivity index (χ1v) is 8.38. The van der Waals surface area contributed by atoms with E-state index in [0.717, 1.165) is 16.6 Å². The molecule has 3 aromatic rings. The summed E-state index contributed by atoms with van der Waals surface area (Å²) >= 11 is 7.42. The number of carbonyl (C=O) groups excluding carboxylic acids is 1. The highest BCUT2D eigenvalue weighted by Crippen LogP contribution is 2.36. The molecule has 23 heavy (non-hydrogen) atoms. The molecule has 0 unspecified atom stereocenters. The highest BCUT2D eigenvalue weighted by Gasteiger charge is 2.24. The number of benzene rings is 2. The SMILES string of the molecule is CN(C)C(=O)[C@@H](Sc1nc2ccc(Cl)cc2[nH]1)c1ccccc1. The lowest BCUT2D eigenvalue weighted by Gasteiger charge is -2.19. The molecule has 2 aromatic carbocycles. The molecule has 1 amide bonds. The van der Waals surface area contributed by atoms with E-state index in [0.29, 0.717) is 10.2 Å². The molecule has 3 rings (SSSR count). The fourth-order valence-corrected chi connectivity index (χ4v) is 3.57. The van der Waals surface area contributed by atoms with Crippen LogP contribution in [-0.4, -0.2) is 34.9 Å². The summed E-state index contributed by atoms with van der Waals surface area (Å²) in [7, 11) is 3.52. The summed E-state index contributed by atoms with van der Waals surface area (Å²) in [6.45, 7) is 0. The minimum Gasteiger partial charge on any atom is -0.348 e. The molecule has 4 nitrogen and oxygen atoms in total. The van der Waals surface area contributed by atoms with Crippen LogP contribution in [0.15, 0.2) is 53.7 Å². The summed E-state index contributed by atoms with van der Waals surface area (Å²) in [6.07, 6.45) is 0. The van der Waals surface area contributed by atoms with Gasteiger partial charge in [0, 0.05) is 19.1 Å². The first kappa shape index (κ1) is 15.9. The summed E-state index contributed by atoms with van der Waals surface area (Å²) in [5.74, 6) is 0.0275. The molecule has 1 N–H and O–H groups in total. The molecule has 6 heteroatoms. The van der Waals surface area contributed by atoms with Gasteiger partial charge in [0.2, 0.25) is 5.91 Å². The summed E-state index contributed by atoms with van der Waals surface area (Å²) < 4.78 is 0. The van der Waals surface area contributed by atoms with Crippen molar-refractivity contribution >= 4 is 40.3 Å². The number of H-pyrrole nitrogens is 1. The van der Waals surface area contributed by atoms with Gasteiger partial charge in [-0.2, -0.15) is 0 Å². The maximum atomic E-state index is 12.6. The number of rotatable bonds is 4. The molecule has 0 aliphatic heterocycles. The number of amides is 1. The number of nitrogens with zero attached hydrogens (tertiary/aromatic N) is 2. The number of imidazole rings is 1.